The van der Waals surface area contributed by atoms with Gasteiger partial charge in [-0.2, -0.15) is 0 Å². The van der Waals surface area contributed by atoms with Crippen molar-refractivity contribution in [1.82, 2.24) is 5.32 Å². The third-order valence-electron chi connectivity index (χ3n) is 3.13. The molecule has 1 rings (SSSR count). The topological polar surface area (TPSA) is 12.0 Å². The normalized spacial score (nSPS) is 13.9. The van der Waals surface area contributed by atoms with Crippen molar-refractivity contribution in [2.24, 2.45) is 11.3 Å². The summed E-state index contributed by atoms with van der Waals surface area (Å²) in [6, 6.07) is 11.3. The molecule has 1 heteroatoms. The third kappa shape index (κ3) is 6.20. The minimum Gasteiger partial charge on any atom is -0.310 e. The Kier molecular flexibility index (Phi) is 5.87. The lowest BCUT2D eigenvalue weighted by molar-refractivity contribution is 0.307. The lowest BCUT2D eigenvalue weighted by atomic mass is 9.85. The standard InChI is InChI=1S/C17H29N/c1-14(2)11-12-18-16(13-17(3,4)5)15-9-7-6-8-10-15/h6-10,14,16,18H,11-13H2,1-5H3. The molecule has 0 amide bonds. The van der Waals surface area contributed by atoms with Crippen molar-refractivity contribution in [2.45, 2.75) is 53.5 Å². The summed E-state index contributed by atoms with van der Waals surface area (Å²) in [5.74, 6) is 0.767. The maximum atomic E-state index is 3.72. The molecule has 0 heterocycles. The van der Waals surface area contributed by atoms with E-state index in [1.165, 1.54) is 18.4 Å². The van der Waals surface area contributed by atoms with E-state index in [9.17, 15) is 0 Å². The Balaban J connectivity index is 2.64. The van der Waals surface area contributed by atoms with Gasteiger partial charge >= 0.3 is 0 Å². The van der Waals surface area contributed by atoms with Gasteiger partial charge in [-0.05, 0) is 36.3 Å². The highest BCUT2D eigenvalue weighted by Crippen LogP contribution is 2.29. The fraction of sp³-hybridized carbons (Fsp3) is 0.647. The Morgan fingerprint density at radius 1 is 1.06 bits per heavy atom. The average molecular weight is 247 g/mol. The Labute approximate surface area is 113 Å². The molecule has 1 unspecified atom stereocenters. The average Bonchev–Trinajstić information content (AvgIpc) is 2.27. The Morgan fingerprint density at radius 3 is 2.17 bits per heavy atom. The van der Waals surface area contributed by atoms with Crippen LogP contribution >= 0.6 is 0 Å². The van der Waals surface area contributed by atoms with Crippen molar-refractivity contribution in [3.05, 3.63) is 35.9 Å². The summed E-state index contributed by atoms with van der Waals surface area (Å²) < 4.78 is 0. The maximum Gasteiger partial charge on any atom is 0.0325 e. The zero-order valence-corrected chi connectivity index (χ0v) is 12.7. The minimum absolute atomic E-state index is 0.353. The Morgan fingerprint density at radius 2 is 1.67 bits per heavy atom. The molecule has 0 bridgehead atoms. The summed E-state index contributed by atoms with van der Waals surface area (Å²) in [7, 11) is 0. The largest absolute Gasteiger partial charge is 0.310 e. The molecule has 0 radical (unpaired) electrons. The molecular weight excluding hydrogens is 218 g/mol. The van der Waals surface area contributed by atoms with Gasteiger partial charge in [-0.3, -0.25) is 0 Å². The lowest BCUT2D eigenvalue weighted by Gasteiger charge is -2.27. The summed E-state index contributed by atoms with van der Waals surface area (Å²) in [5, 5.41) is 3.72. The van der Waals surface area contributed by atoms with Gasteiger partial charge in [-0.1, -0.05) is 65.0 Å². The van der Waals surface area contributed by atoms with Crippen molar-refractivity contribution >= 4 is 0 Å². The second kappa shape index (κ2) is 6.94. The van der Waals surface area contributed by atoms with Crippen molar-refractivity contribution in [3.63, 3.8) is 0 Å². The van der Waals surface area contributed by atoms with Crippen molar-refractivity contribution in [2.75, 3.05) is 6.54 Å². The molecule has 0 fully saturated rings. The van der Waals surface area contributed by atoms with Crippen LogP contribution < -0.4 is 5.32 Å². The van der Waals surface area contributed by atoms with Crippen LogP contribution in [-0.4, -0.2) is 6.54 Å². The maximum absolute atomic E-state index is 3.72. The Bertz CT molecular complexity index is 321. The van der Waals surface area contributed by atoms with Crippen LogP contribution in [0.15, 0.2) is 30.3 Å². The molecule has 0 aromatic heterocycles. The van der Waals surface area contributed by atoms with Crippen LogP contribution in [0.1, 0.15) is 59.1 Å². The summed E-state index contributed by atoms with van der Waals surface area (Å²) >= 11 is 0. The van der Waals surface area contributed by atoms with E-state index in [1.54, 1.807) is 0 Å². The first-order valence-corrected chi connectivity index (χ1v) is 7.17. The predicted octanol–water partition coefficient (Wildman–Crippen LogP) is 4.80. The van der Waals surface area contributed by atoms with Crippen LogP contribution in [0.3, 0.4) is 0 Å². The van der Waals surface area contributed by atoms with Crippen molar-refractivity contribution in [1.29, 1.82) is 0 Å². The molecule has 102 valence electrons. The monoisotopic (exact) mass is 247 g/mol. The van der Waals surface area contributed by atoms with Crippen LogP contribution in [0.25, 0.3) is 0 Å². The molecule has 1 nitrogen and oxygen atoms in total. The van der Waals surface area contributed by atoms with Crippen LogP contribution in [0.4, 0.5) is 0 Å². The molecule has 0 saturated heterocycles. The number of benzene rings is 1. The van der Waals surface area contributed by atoms with Gasteiger partial charge in [0, 0.05) is 6.04 Å². The first-order valence-electron chi connectivity index (χ1n) is 7.17. The highest BCUT2D eigenvalue weighted by Gasteiger charge is 2.19. The van der Waals surface area contributed by atoms with Gasteiger partial charge in [-0.25, -0.2) is 0 Å². The quantitative estimate of drug-likeness (QED) is 0.761. The molecule has 1 N–H and O–H groups in total. The molecule has 1 atom stereocenters. The van der Waals surface area contributed by atoms with Gasteiger partial charge < -0.3 is 5.32 Å². The van der Waals surface area contributed by atoms with Crippen LogP contribution in [0.2, 0.25) is 0 Å². The number of nitrogens with one attached hydrogen (secondary N) is 1. The first kappa shape index (κ1) is 15.2. The molecule has 18 heavy (non-hydrogen) atoms. The van der Waals surface area contributed by atoms with Gasteiger partial charge in [-0.15, -0.1) is 0 Å². The first-order chi connectivity index (χ1) is 8.38. The number of hydrogen-bond acceptors (Lipinski definition) is 1. The zero-order valence-electron chi connectivity index (χ0n) is 12.7. The van der Waals surface area contributed by atoms with Crippen LogP contribution in [0.5, 0.6) is 0 Å². The van der Waals surface area contributed by atoms with Gasteiger partial charge in [0.05, 0.1) is 0 Å². The second-order valence-corrected chi connectivity index (χ2v) is 6.86. The SMILES string of the molecule is CC(C)CCNC(CC(C)(C)C)c1ccccc1. The highest BCUT2D eigenvalue weighted by atomic mass is 14.9. The summed E-state index contributed by atoms with van der Waals surface area (Å²) in [5.41, 5.74) is 1.77. The second-order valence-electron chi connectivity index (χ2n) is 6.86. The van der Waals surface area contributed by atoms with E-state index in [0.29, 0.717) is 11.5 Å². The molecule has 0 spiro atoms. The molecule has 0 saturated carbocycles. The number of rotatable bonds is 6. The van der Waals surface area contributed by atoms with Gasteiger partial charge in [0.2, 0.25) is 0 Å². The molecule has 0 aliphatic heterocycles. The van der Waals surface area contributed by atoms with E-state index in [4.69, 9.17) is 0 Å². The van der Waals surface area contributed by atoms with E-state index in [0.717, 1.165) is 12.5 Å². The smallest absolute Gasteiger partial charge is 0.0325 e. The fourth-order valence-corrected chi connectivity index (χ4v) is 2.15. The summed E-state index contributed by atoms with van der Waals surface area (Å²) in [6.45, 7) is 12.6. The van der Waals surface area contributed by atoms with E-state index in [-0.39, 0.29) is 0 Å². The molecule has 1 aromatic carbocycles. The molecule has 1 aromatic rings. The van der Waals surface area contributed by atoms with Gasteiger partial charge in [0.15, 0.2) is 0 Å². The molecule has 0 aliphatic carbocycles. The highest BCUT2D eigenvalue weighted by molar-refractivity contribution is 5.19. The van der Waals surface area contributed by atoms with Gasteiger partial charge in [0.25, 0.3) is 0 Å². The zero-order chi connectivity index (χ0) is 13.6. The van der Waals surface area contributed by atoms with E-state index >= 15 is 0 Å². The van der Waals surface area contributed by atoms with E-state index in [2.05, 4.69) is 70.3 Å². The van der Waals surface area contributed by atoms with E-state index < -0.39 is 0 Å². The fourth-order valence-electron chi connectivity index (χ4n) is 2.15. The minimum atomic E-state index is 0.353. The predicted molar refractivity (Wildman–Crippen MR) is 80.7 cm³/mol. The third-order valence-corrected chi connectivity index (χ3v) is 3.13. The Hall–Kier alpha value is -0.820. The lowest BCUT2D eigenvalue weighted by Crippen LogP contribution is -2.27. The van der Waals surface area contributed by atoms with Gasteiger partial charge in [0.1, 0.15) is 0 Å². The van der Waals surface area contributed by atoms with Crippen molar-refractivity contribution < 1.29 is 0 Å². The van der Waals surface area contributed by atoms with E-state index in [1.807, 2.05) is 0 Å². The number of hydrogen-bond donors (Lipinski definition) is 1. The van der Waals surface area contributed by atoms with Crippen LogP contribution in [-0.2, 0) is 0 Å². The van der Waals surface area contributed by atoms with Crippen LogP contribution in [0, 0.1) is 11.3 Å². The molecular formula is C17H29N. The summed E-state index contributed by atoms with van der Waals surface area (Å²) in [4.78, 5) is 0. The molecule has 0 aliphatic rings. The van der Waals surface area contributed by atoms with Crippen molar-refractivity contribution in [3.8, 4) is 0 Å². The summed E-state index contributed by atoms with van der Waals surface area (Å²) in [6.07, 6.45) is 2.42.